The minimum absolute atomic E-state index is 0.0976. The summed E-state index contributed by atoms with van der Waals surface area (Å²) in [4.78, 5) is 16.1. The van der Waals surface area contributed by atoms with E-state index < -0.39 is 11.4 Å². The van der Waals surface area contributed by atoms with E-state index in [1.54, 1.807) is 13.8 Å². The quantitative estimate of drug-likeness (QED) is 0.358. The summed E-state index contributed by atoms with van der Waals surface area (Å²) in [5, 5.41) is 20.4. The van der Waals surface area contributed by atoms with Crippen LogP contribution in [0.1, 0.15) is 49.4 Å². The Morgan fingerprint density at radius 3 is 2.65 bits per heavy atom. The first-order chi connectivity index (χ1) is 16.3. The normalized spacial score (nSPS) is 17.1. The number of carboxylic acids is 1. The van der Waals surface area contributed by atoms with Crippen LogP contribution >= 0.6 is 0 Å². The van der Waals surface area contributed by atoms with Gasteiger partial charge in [-0.15, -0.1) is 0 Å². The summed E-state index contributed by atoms with van der Waals surface area (Å²) >= 11 is 0. The highest BCUT2D eigenvalue weighted by Gasteiger charge is 2.29. The SMILES string of the molecule is C[C@H](CN[C@H](c1ccccc1)[C@H]1CNc2cccnc2N1)c1cccc(CC(C)(C)C(=O)O)c1. The second-order valence-electron chi connectivity index (χ2n) is 9.84. The molecule has 6 nitrogen and oxygen atoms in total. The van der Waals surface area contributed by atoms with Gasteiger partial charge in [0.25, 0.3) is 0 Å². The fourth-order valence-electron chi connectivity index (χ4n) is 4.48. The van der Waals surface area contributed by atoms with Crippen molar-refractivity contribution in [2.75, 3.05) is 23.7 Å². The molecule has 4 rings (SSSR count). The number of aliphatic carboxylic acids is 1. The molecule has 1 aliphatic heterocycles. The molecule has 178 valence electrons. The number of carbonyl (C=O) groups is 1. The Morgan fingerprint density at radius 1 is 1.12 bits per heavy atom. The van der Waals surface area contributed by atoms with E-state index in [4.69, 9.17) is 0 Å². The number of hydrogen-bond donors (Lipinski definition) is 4. The Labute approximate surface area is 201 Å². The van der Waals surface area contributed by atoms with Crippen molar-refractivity contribution in [3.8, 4) is 0 Å². The molecule has 3 atom stereocenters. The van der Waals surface area contributed by atoms with Crippen LogP contribution in [0.5, 0.6) is 0 Å². The van der Waals surface area contributed by atoms with Gasteiger partial charge in [0, 0.05) is 19.3 Å². The molecule has 0 bridgehead atoms. The molecule has 1 aliphatic rings. The third-order valence-corrected chi connectivity index (χ3v) is 6.59. The topological polar surface area (TPSA) is 86.3 Å². The van der Waals surface area contributed by atoms with Gasteiger partial charge in [-0.3, -0.25) is 4.79 Å². The Balaban J connectivity index is 1.48. The molecule has 2 aromatic carbocycles. The number of carboxylic acid groups (broad SMARTS) is 1. The van der Waals surface area contributed by atoms with Gasteiger partial charge in [-0.1, -0.05) is 61.5 Å². The zero-order chi connectivity index (χ0) is 24.1. The van der Waals surface area contributed by atoms with E-state index in [-0.39, 0.29) is 18.0 Å². The number of aromatic nitrogens is 1. The Hall–Kier alpha value is -3.38. The van der Waals surface area contributed by atoms with E-state index in [2.05, 4.69) is 64.3 Å². The van der Waals surface area contributed by atoms with E-state index in [1.165, 1.54) is 11.1 Å². The fourth-order valence-corrected chi connectivity index (χ4v) is 4.48. The van der Waals surface area contributed by atoms with Crippen LogP contribution in [0.15, 0.2) is 72.9 Å². The summed E-state index contributed by atoms with van der Waals surface area (Å²) in [7, 11) is 0. The highest BCUT2D eigenvalue weighted by Crippen LogP contribution is 2.29. The summed E-state index contributed by atoms with van der Waals surface area (Å²) in [5.74, 6) is 0.368. The molecule has 0 aliphatic carbocycles. The molecule has 0 spiro atoms. The van der Waals surface area contributed by atoms with Crippen molar-refractivity contribution in [2.45, 2.75) is 45.2 Å². The average Bonchev–Trinajstić information content (AvgIpc) is 2.84. The van der Waals surface area contributed by atoms with Crippen molar-refractivity contribution in [1.82, 2.24) is 10.3 Å². The van der Waals surface area contributed by atoms with Gasteiger partial charge < -0.3 is 21.1 Å². The van der Waals surface area contributed by atoms with Crippen molar-refractivity contribution < 1.29 is 9.90 Å². The first kappa shape index (κ1) is 23.8. The van der Waals surface area contributed by atoms with Crippen molar-refractivity contribution in [1.29, 1.82) is 0 Å². The van der Waals surface area contributed by atoms with Crippen molar-refractivity contribution in [3.05, 3.63) is 89.6 Å². The number of pyridine rings is 1. The average molecular weight is 459 g/mol. The highest BCUT2D eigenvalue weighted by atomic mass is 16.4. The van der Waals surface area contributed by atoms with Crippen LogP contribution in [-0.4, -0.2) is 35.2 Å². The van der Waals surface area contributed by atoms with E-state index in [0.29, 0.717) is 6.42 Å². The van der Waals surface area contributed by atoms with Crippen LogP contribution in [0.2, 0.25) is 0 Å². The largest absolute Gasteiger partial charge is 0.481 e. The molecule has 6 heteroatoms. The predicted molar refractivity (Wildman–Crippen MR) is 137 cm³/mol. The monoisotopic (exact) mass is 458 g/mol. The first-order valence-electron chi connectivity index (χ1n) is 11.9. The minimum atomic E-state index is -0.789. The number of anilines is 2. The summed E-state index contributed by atoms with van der Waals surface area (Å²) in [6.45, 7) is 7.34. The highest BCUT2D eigenvalue weighted by molar-refractivity contribution is 5.74. The standard InChI is InChI=1S/C28H34N4O2/c1-19(22-12-7-9-20(15-22)16-28(2,3)27(33)34)17-31-25(21-10-5-4-6-11-21)24-18-30-23-13-8-14-29-26(23)32-24/h4-15,19,24-25,30-31H,16-18H2,1-3H3,(H,29,32)(H,33,34)/t19-,24-,25-/m1/s1. The maximum absolute atomic E-state index is 11.6. The van der Waals surface area contributed by atoms with Gasteiger partial charge in [-0.05, 0) is 55.0 Å². The third kappa shape index (κ3) is 5.57. The third-order valence-electron chi connectivity index (χ3n) is 6.59. The number of fused-ring (bicyclic) bond motifs is 1. The Morgan fingerprint density at radius 2 is 1.88 bits per heavy atom. The molecule has 0 fully saturated rings. The lowest BCUT2D eigenvalue weighted by atomic mass is 9.85. The number of hydrogen-bond acceptors (Lipinski definition) is 5. The molecule has 0 saturated carbocycles. The number of nitrogens with one attached hydrogen (secondary N) is 3. The molecule has 0 radical (unpaired) electrons. The lowest BCUT2D eigenvalue weighted by Gasteiger charge is -2.35. The van der Waals surface area contributed by atoms with E-state index >= 15 is 0 Å². The van der Waals surface area contributed by atoms with Gasteiger partial charge in [-0.2, -0.15) is 0 Å². The molecule has 0 amide bonds. The van der Waals surface area contributed by atoms with Gasteiger partial charge in [-0.25, -0.2) is 4.98 Å². The number of nitrogens with zero attached hydrogens (tertiary/aromatic N) is 1. The van der Waals surface area contributed by atoms with Crippen LogP contribution in [0.4, 0.5) is 11.5 Å². The van der Waals surface area contributed by atoms with Crippen LogP contribution in [0, 0.1) is 5.41 Å². The molecule has 4 N–H and O–H groups in total. The molecular formula is C28H34N4O2. The van der Waals surface area contributed by atoms with Gasteiger partial charge in [0.1, 0.15) is 5.82 Å². The lowest BCUT2D eigenvalue weighted by molar-refractivity contribution is -0.146. The van der Waals surface area contributed by atoms with Crippen LogP contribution in [0.3, 0.4) is 0 Å². The van der Waals surface area contributed by atoms with E-state index in [9.17, 15) is 9.90 Å². The summed E-state index contributed by atoms with van der Waals surface area (Å²) < 4.78 is 0. The fraction of sp³-hybridized carbons (Fsp3) is 0.357. The molecule has 34 heavy (non-hydrogen) atoms. The van der Waals surface area contributed by atoms with Crippen LogP contribution in [0.25, 0.3) is 0 Å². The van der Waals surface area contributed by atoms with E-state index in [1.807, 2.05) is 36.5 Å². The van der Waals surface area contributed by atoms with Gasteiger partial charge in [0.05, 0.1) is 23.2 Å². The lowest BCUT2D eigenvalue weighted by Crippen LogP contribution is -2.45. The Bertz CT molecular complexity index is 1120. The minimum Gasteiger partial charge on any atom is -0.481 e. The maximum atomic E-state index is 11.6. The zero-order valence-electron chi connectivity index (χ0n) is 20.1. The van der Waals surface area contributed by atoms with Gasteiger partial charge >= 0.3 is 5.97 Å². The van der Waals surface area contributed by atoms with Crippen LogP contribution in [-0.2, 0) is 11.2 Å². The smallest absolute Gasteiger partial charge is 0.309 e. The molecule has 1 aromatic heterocycles. The summed E-state index contributed by atoms with van der Waals surface area (Å²) in [5.41, 5.74) is 3.73. The number of rotatable bonds is 9. The summed E-state index contributed by atoms with van der Waals surface area (Å²) in [6.07, 6.45) is 2.31. The second-order valence-corrected chi connectivity index (χ2v) is 9.84. The first-order valence-corrected chi connectivity index (χ1v) is 11.9. The number of benzene rings is 2. The predicted octanol–water partition coefficient (Wildman–Crippen LogP) is 5.08. The molecule has 3 aromatic rings. The molecule has 0 saturated heterocycles. The Kier molecular flexibility index (Phi) is 7.17. The van der Waals surface area contributed by atoms with E-state index in [0.717, 1.165) is 30.2 Å². The van der Waals surface area contributed by atoms with Gasteiger partial charge in [0.15, 0.2) is 0 Å². The maximum Gasteiger partial charge on any atom is 0.309 e. The summed E-state index contributed by atoms with van der Waals surface area (Å²) in [6, 6.07) is 23.0. The van der Waals surface area contributed by atoms with Crippen molar-refractivity contribution in [2.24, 2.45) is 5.41 Å². The molecule has 2 heterocycles. The molecule has 0 unspecified atom stereocenters. The van der Waals surface area contributed by atoms with Crippen LogP contribution < -0.4 is 16.0 Å². The van der Waals surface area contributed by atoms with Crippen molar-refractivity contribution >= 4 is 17.5 Å². The van der Waals surface area contributed by atoms with Crippen molar-refractivity contribution in [3.63, 3.8) is 0 Å². The second kappa shape index (κ2) is 10.3. The molecular weight excluding hydrogens is 424 g/mol. The zero-order valence-corrected chi connectivity index (χ0v) is 20.1. The van der Waals surface area contributed by atoms with Gasteiger partial charge in [0.2, 0.25) is 0 Å².